The fourth-order valence-corrected chi connectivity index (χ4v) is 3.53. The van der Waals surface area contributed by atoms with E-state index in [-0.39, 0.29) is 18.3 Å². The molecule has 180 valence electrons. The van der Waals surface area contributed by atoms with E-state index in [1.54, 1.807) is 27.9 Å². The summed E-state index contributed by atoms with van der Waals surface area (Å²) in [6.45, 7) is 9.80. The van der Waals surface area contributed by atoms with Crippen LogP contribution >= 0.6 is 0 Å². The molecule has 0 bridgehead atoms. The summed E-state index contributed by atoms with van der Waals surface area (Å²) in [7, 11) is 1.61. The standard InChI is InChI=1S/C27H37NO5/c1-19(2)22(16-27(28,18-29)25(30)33-26(3,4)5)14-21-12-13-23(31-6)24(15-21)32-17-20-10-8-7-9-11-20/h7-13,15,18-19,22H,14,16-17,28H2,1-6H3/t22-,27-/m0/s1. The first-order valence-electron chi connectivity index (χ1n) is 11.3. The smallest absolute Gasteiger partial charge is 0.334 e. The van der Waals surface area contributed by atoms with Gasteiger partial charge in [-0.15, -0.1) is 0 Å². The van der Waals surface area contributed by atoms with Crippen LogP contribution in [0.2, 0.25) is 0 Å². The molecule has 2 aromatic rings. The minimum atomic E-state index is -1.69. The summed E-state index contributed by atoms with van der Waals surface area (Å²) in [6.07, 6.45) is 1.33. The average molecular weight is 456 g/mol. The topological polar surface area (TPSA) is 87.9 Å². The first-order valence-corrected chi connectivity index (χ1v) is 11.3. The predicted octanol–water partition coefficient (Wildman–Crippen LogP) is 4.72. The molecule has 0 fully saturated rings. The van der Waals surface area contributed by atoms with E-state index in [2.05, 4.69) is 13.8 Å². The maximum absolute atomic E-state index is 12.7. The second-order valence-electron chi connectivity index (χ2n) is 9.83. The monoisotopic (exact) mass is 455 g/mol. The zero-order chi connectivity index (χ0) is 24.6. The molecular formula is C27H37NO5. The summed E-state index contributed by atoms with van der Waals surface area (Å²) < 4.78 is 16.9. The summed E-state index contributed by atoms with van der Waals surface area (Å²) in [6, 6.07) is 15.7. The normalized spacial score (nSPS) is 14.3. The van der Waals surface area contributed by atoms with Crippen molar-refractivity contribution >= 4 is 12.3 Å². The number of aldehydes is 1. The fourth-order valence-electron chi connectivity index (χ4n) is 3.53. The molecule has 0 aliphatic rings. The molecule has 2 aromatic carbocycles. The highest BCUT2D eigenvalue weighted by Crippen LogP contribution is 2.32. The summed E-state index contributed by atoms with van der Waals surface area (Å²) in [5.74, 6) is 0.750. The van der Waals surface area contributed by atoms with Crippen molar-refractivity contribution in [2.45, 2.75) is 65.2 Å². The number of hydrogen-bond acceptors (Lipinski definition) is 6. The molecule has 0 aromatic heterocycles. The summed E-state index contributed by atoms with van der Waals surface area (Å²) >= 11 is 0. The summed E-state index contributed by atoms with van der Waals surface area (Å²) in [5, 5.41) is 0. The van der Waals surface area contributed by atoms with E-state index in [9.17, 15) is 9.59 Å². The third-order valence-electron chi connectivity index (χ3n) is 5.50. The molecule has 0 amide bonds. The molecule has 2 rings (SSSR count). The average Bonchev–Trinajstić information content (AvgIpc) is 2.76. The Morgan fingerprint density at radius 3 is 2.24 bits per heavy atom. The van der Waals surface area contributed by atoms with Crippen LogP contribution in [0.1, 0.15) is 52.2 Å². The lowest BCUT2D eigenvalue weighted by Crippen LogP contribution is -2.54. The molecule has 0 spiro atoms. The molecule has 33 heavy (non-hydrogen) atoms. The van der Waals surface area contributed by atoms with E-state index in [1.165, 1.54) is 0 Å². The maximum Gasteiger partial charge on any atom is 0.334 e. The highest BCUT2D eigenvalue weighted by atomic mass is 16.6. The first-order chi connectivity index (χ1) is 15.5. The number of benzene rings is 2. The van der Waals surface area contributed by atoms with E-state index in [4.69, 9.17) is 19.9 Å². The van der Waals surface area contributed by atoms with Crippen molar-refractivity contribution in [1.82, 2.24) is 0 Å². The number of rotatable bonds is 11. The van der Waals surface area contributed by atoms with Gasteiger partial charge in [0.25, 0.3) is 0 Å². The number of carbonyl (C=O) groups is 2. The first kappa shape index (κ1) is 26.4. The van der Waals surface area contributed by atoms with Crippen LogP contribution in [0.3, 0.4) is 0 Å². The van der Waals surface area contributed by atoms with Crippen LogP contribution in [0.4, 0.5) is 0 Å². The number of hydrogen-bond donors (Lipinski definition) is 1. The van der Waals surface area contributed by atoms with Gasteiger partial charge in [-0.2, -0.15) is 0 Å². The number of nitrogens with two attached hydrogens (primary N) is 1. The Morgan fingerprint density at radius 2 is 1.70 bits per heavy atom. The number of ether oxygens (including phenoxy) is 3. The number of carbonyl (C=O) groups excluding carboxylic acids is 2. The van der Waals surface area contributed by atoms with Crippen molar-refractivity contribution in [3.05, 3.63) is 59.7 Å². The minimum Gasteiger partial charge on any atom is -0.493 e. The quantitative estimate of drug-likeness (QED) is 0.300. The molecule has 2 atom stereocenters. The van der Waals surface area contributed by atoms with Crippen LogP contribution in [0.5, 0.6) is 11.5 Å². The van der Waals surface area contributed by atoms with Crippen LogP contribution in [-0.4, -0.2) is 30.5 Å². The molecule has 0 saturated heterocycles. The lowest BCUT2D eigenvalue weighted by Gasteiger charge is -2.31. The molecule has 0 heterocycles. The van der Waals surface area contributed by atoms with Crippen molar-refractivity contribution in [1.29, 1.82) is 0 Å². The van der Waals surface area contributed by atoms with Crippen LogP contribution in [0, 0.1) is 11.8 Å². The Hall–Kier alpha value is -2.86. The Labute approximate surface area is 197 Å². The zero-order valence-electron chi connectivity index (χ0n) is 20.6. The van der Waals surface area contributed by atoms with Crippen molar-refractivity contribution in [2.24, 2.45) is 17.6 Å². The van der Waals surface area contributed by atoms with Crippen LogP contribution < -0.4 is 15.2 Å². The van der Waals surface area contributed by atoms with Crippen molar-refractivity contribution in [3.63, 3.8) is 0 Å². The van der Waals surface area contributed by atoms with Gasteiger partial charge < -0.3 is 24.7 Å². The van der Waals surface area contributed by atoms with Gasteiger partial charge in [0.2, 0.25) is 0 Å². The molecule has 2 N–H and O–H groups in total. The second kappa shape index (κ2) is 11.3. The number of methoxy groups -OCH3 is 1. The Balaban J connectivity index is 2.20. The maximum atomic E-state index is 12.7. The Bertz CT molecular complexity index is 920. The van der Waals surface area contributed by atoms with Crippen LogP contribution in [-0.2, 0) is 27.4 Å². The third-order valence-corrected chi connectivity index (χ3v) is 5.50. The second-order valence-corrected chi connectivity index (χ2v) is 9.83. The highest BCUT2D eigenvalue weighted by molar-refractivity contribution is 5.98. The van der Waals surface area contributed by atoms with Gasteiger partial charge in [0.05, 0.1) is 7.11 Å². The number of esters is 1. The Morgan fingerprint density at radius 1 is 1.03 bits per heavy atom. The van der Waals surface area contributed by atoms with Gasteiger partial charge in [0.1, 0.15) is 12.2 Å². The zero-order valence-corrected chi connectivity index (χ0v) is 20.6. The highest BCUT2D eigenvalue weighted by Gasteiger charge is 2.40. The molecule has 0 radical (unpaired) electrons. The van der Waals surface area contributed by atoms with Crippen LogP contribution in [0.15, 0.2) is 48.5 Å². The lowest BCUT2D eigenvalue weighted by molar-refractivity contribution is -0.163. The van der Waals surface area contributed by atoms with Gasteiger partial charge in [-0.25, -0.2) is 4.79 Å². The van der Waals surface area contributed by atoms with E-state index < -0.39 is 17.1 Å². The molecule has 0 saturated carbocycles. The fraction of sp³-hybridized carbons (Fsp3) is 0.481. The van der Waals surface area contributed by atoms with Gasteiger partial charge >= 0.3 is 5.97 Å². The molecule has 6 heteroatoms. The van der Waals surface area contributed by atoms with Gasteiger partial charge in [-0.1, -0.05) is 50.2 Å². The van der Waals surface area contributed by atoms with Gasteiger partial charge in [-0.05, 0) is 68.7 Å². The van der Waals surface area contributed by atoms with E-state index >= 15 is 0 Å². The summed E-state index contributed by atoms with van der Waals surface area (Å²) in [5.41, 5.74) is 5.89. The minimum absolute atomic E-state index is 0.0249. The molecular weight excluding hydrogens is 418 g/mol. The van der Waals surface area contributed by atoms with Crippen molar-refractivity contribution in [2.75, 3.05) is 7.11 Å². The van der Waals surface area contributed by atoms with Gasteiger partial charge in [-0.3, -0.25) is 0 Å². The molecule has 6 nitrogen and oxygen atoms in total. The third kappa shape index (κ3) is 7.90. The van der Waals surface area contributed by atoms with E-state index in [0.717, 1.165) is 11.1 Å². The summed E-state index contributed by atoms with van der Waals surface area (Å²) in [4.78, 5) is 24.5. The van der Waals surface area contributed by atoms with Crippen LogP contribution in [0.25, 0.3) is 0 Å². The van der Waals surface area contributed by atoms with Gasteiger partial charge in [0, 0.05) is 0 Å². The lowest BCUT2D eigenvalue weighted by atomic mass is 9.79. The largest absolute Gasteiger partial charge is 0.493 e. The van der Waals surface area contributed by atoms with Gasteiger partial charge in [0.15, 0.2) is 23.3 Å². The Kier molecular flexibility index (Phi) is 9.06. The molecule has 0 aliphatic carbocycles. The predicted molar refractivity (Wildman–Crippen MR) is 129 cm³/mol. The van der Waals surface area contributed by atoms with E-state index in [0.29, 0.717) is 30.8 Å². The molecule has 0 aliphatic heterocycles. The SMILES string of the molecule is COc1ccc(C[C@@H](C[C@](N)(C=O)C(=O)OC(C)(C)C)C(C)C)cc1OCc1ccccc1. The van der Waals surface area contributed by atoms with E-state index in [1.807, 2.05) is 48.5 Å². The molecule has 0 unspecified atom stereocenters. The van der Waals surface area contributed by atoms with Crippen molar-refractivity contribution < 1.29 is 23.8 Å². The van der Waals surface area contributed by atoms with Crippen molar-refractivity contribution in [3.8, 4) is 11.5 Å².